The molecule has 0 heterocycles. The second kappa shape index (κ2) is 9.98. The first kappa shape index (κ1) is 22.7. The molecule has 0 spiro atoms. The van der Waals surface area contributed by atoms with Gasteiger partial charge in [0.2, 0.25) is 0 Å². The molecule has 31 heavy (non-hydrogen) atoms. The van der Waals surface area contributed by atoms with E-state index >= 15 is 0 Å². The zero-order chi connectivity index (χ0) is 22.0. The van der Waals surface area contributed by atoms with Gasteiger partial charge in [0.1, 0.15) is 22.5 Å². The van der Waals surface area contributed by atoms with E-state index in [9.17, 15) is 13.2 Å². The maximum absolute atomic E-state index is 14.8. The van der Waals surface area contributed by atoms with Gasteiger partial charge in [0, 0.05) is 5.56 Å². The Balaban J connectivity index is 1.33. The van der Waals surface area contributed by atoms with E-state index in [1.165, 1.54) is 51.4 Å². The zero-order valence-electron chi connectivity index (χ0n) is 18.3. The minimum absolute atomic E-state index is 0.171. The first-order valence-corrected chi connectivity index (χ1v) is 12.2. The van der Waals surface area contributed by atoms with Gasteiger partial charge in [0.05, 0.1) is 0 Å². The van der Waals surface area contributed by atoms with Crippen molar-refractivity contribution in [2.75, 3.05) is 0 Å². The molecular weight excluding hydrogens is 417 g/mol. The van der Waals surface area contributed by atoms with Crippen molar-refractivity contribution >= 4 is 11.6 Å². The first-order valence-electron chi connectivity index (χ1n) is 11.8. The van der Waals surface area contributed by atoms with Crippen LogP contribution in [0.5, 0.6) is 0 Å². The quantitative estimate of drug-likeness (QED) is 0.399. The lowest BCUT2D eigenvalue weighted by Gasteiger charge is -2.31. The van der Waals surface area contributed by atoms with E-state index in [1.54, 1.807) is 12.1 Å². The Labute approximate surface area is 189 Å². The summed E-state index contributed by atoms with van der Waals surface area (Å²) >= 11 is 5.54. The van der Waals surface area contributed by atoms with Crippen LogP contribution in [0.4, 0.5) is 13.2 Å². The van der Waals surface area contributed by atoms with Gasteiger partial charge in [-0.05, 0) is 78.7 Å². The number of benzene rings is 2. The third-order valence-electron chi connectivity index (χ3n) is 7.72. The van der Waals surface area contributed by atoms with Crippen LogP contribution >= 0.6 is 11.6 Å². The molecule has 2 aliphatic carbocycles. The molecule has 0 saturated heterocycles. The molecule has 2 aliphatic rings. The maximum atomic E-state index is 14.8. The second-order valence-corrected chi connectivity index (χ2v) is 10.3. The standard InChI is InChI=1S/C27H32ClF3/c1-17-2-4-18(5-3-17)6-7-19-8-10-20(11-9-19)21-12-13-23(24(29)14-21)22-15-25(30)27(28)26(31)16-22/h12-20H,2-11H2,1H3. The fourth-order valence-electron chi connectivity index (χ4n) is 5.60. The largest absolute Gasteiger partial charge is 0.206 e. The topological polar surface area (TPSA) is 0 Å². The van der Waals surface area contributed by atoms with Crippen LogP contribution in [0.25, 0.3) is 11.1 Å². The van der Waals surface area contributed by atoms with E-state index in [2.05, 4.69) is 6.92 Å². The number of halogens is 4. The van der Waals surface area contributed by atoms with Gasteiger partial charge >= 0.3 is 0 Å². The second-order valence-electron chi connectivity index (χ2n) is 9.91. The molecule has 168 valence electrons. The Morgan fingerprint density at radius 1 is 0.742 bits per heavy atom. The van der Waals surface area contributed by atoms with Crippen molar-refractivity contribution < 1.29 is 13.2 Å². The van der Waals surface area contributed by atoms with Crippen molar-refractivity contribution in [2.24, 2.45) is 17.8 Å². The van der Waals surface area contributed by atoms with E-state index in [0.717, 1.165) is 48.3 Å². The third kappa shape index (κ3) is 5.48. The lowest BCUT2D eigenvalue weighted by atomic mass is 9.74. The normalized spacial score (nSPS) is 26.7. The number of hydrogen-bond donors (Lipinski definition) is 0. The summed E-state index contributed by atoms with van der Waals surface area (Å²) in [6, 6.07) is 7.28. The molecule has 2 saturated carbocycles. The summed E-state index contributed by atoms with van der Waals surface area (Å²) in [6.07, 6.45) is 12.9. The van der Waals surface area contributed by atoms with Gasteiger partial charge in [-0.3, -0.25) is 0 Å². The molecule has 4 heteroatoms. The van der Waals surface area contributed by atoms with Gasteiger partial charge in [0.25, 0.3) is 0 Å². The Morgan fingerprint density at radius 2 is 1.29 bits per heavy atom. The van der Waals surface area contributed by atoms with Gasteiger partial charge in [-0.25, -0.2) is 13.2 Å². The molecule has 2 aromatic carbocycles. The SMILES string of the molecule is CC1CCC(CCC2CCC(c3ccc(-c4cc(F)c(Cl)c(F)c4)c(F)c3)CC2)CC1. The molecule has 2 aromatic rings. The van der Waals surface area contributed by atoms with Crippen LogP contribution in [0.2, 0.25) is 5.02 Å². The summed E-state index contributed by atoms with van der Waals surface area (Å²) < 4.78 is 42.3. The maximum Gasteiger partial charge on any atom is 0.145 e. The van der Waals surface area contributed by atoms with Crippen molar-refractivity contribution in [3.63, 3.8) is 0 Å². The van der Waals surface area contributed by atoms with E-state index in [1.807, 2.05) is 6.07 Å². The molecule has 0 atom stereocenters. The molecular formula is C27H32ClF3. The average Bonchev–Trinajstić information content (AvgIpc) is 2.77. The Hall–Kier alpha value is -1.48. The smallest absolute Gasteiger partial charge is 0.145 e. The highest BCUT2D eigenvalue weighted by atomic mass is 35.5. The summed E-state index contributed by atoms with van der Waals surface area (Å²) in [7, 11) is 0. The minimum Gasteiger partial charge on any atom is -0.206 e. The molecule has 0 aliphatic heterocycles. The van der Waals surface area contributed by atoms with Crippen LogP contribution in [-0.4, -0.2) is 0 Å². The molecule has 0 amide bonds. The molecule has 0 bridgehead atoms. The lowest BCUT2D eigenvalue weighted by Crippen LogP contribution is -2.17. The van der Waals surface area contributed by atoms with Crippen molar-refractivity contribution in [1.82, 2.24) is 0 Å². The Kier molecular flexibility index (Phi) is 7.31. The van der Waals surface area contributed by atoms with Crippen LogP contribution in [0, 0.1) is 35.2 Å². The van der Waals surface area contributed by atoms with E-state index in [4.69, 9.17) is 11.6 Å². The summed E-state index contributed by atoms with van der Waals surface area (Å²) in [5.74, 6) is 0.831. The highest BCUT2D eigenvalue weighted by Gasteiger charge is 2.25. The summed E-state index contributed by atoms with van der Waals surface area (Å²) in [6.45, 7) is 2.37. The van der Waals surface area contributed by atoms with Gasteiger partial charge in [-0.2, -0.15) is 0 Å². The highest BCUT2D eigenvalue weighted by molar-refractivity contribution is 6.31. The molecule has 0 N–H and O–H groups in total. The van der Waals surface area contributed by atoms with Gasteiger partial charge in [-0.1, -0.05) is 69.2 Å². The molecule has 4 rings (SSSR count). The molecule has 0 radical (unpaired) electrons. The van der Waals surface area contributed by atoms with Crippen molar-refractivity contribution in [3.05, 3.63) is 58.4 Å². The fourth-order valence-corrected chi connectivity index (χ4v) is 5.71. The van der Waals surface area contributed by atoms with Gasteiger partial charge in [0.15, 0.2) is 0 Å². The predicted molar refractivity (Wildman–Crippen MR) is 122 cm³/mol. The highest BCUT2D eigenvalue weighted by Crippen LogP contribution is 2.40. The number of rotatable bonds is 5. The number of hydrogen-bond acceptors (Lipinski definition) is 0. The molecule has 0 unspecified atom stereocenters. The molecule has 2 fully saturated rings. The van der Waals surface area contributed by atoms with Crippen molar-refractivity contribution in [3.8, 4) is 11.1 Å². The minimum atomic E-state index is -0.874. The summed E-state index contributed by atoms with van der Waals surface area (Å²) in [4.78, 5) is 0. The van der Waals surface area contributed by atoms with E-state index in [-0.39, 0.29) is 11.1 Å². The first-order chi connectivity index (χ1) is 14.9. The van der Waals surface area contributed by atoms with Crippen molar-refractivity contribution in [2.45, 2.75) is 77.0 Å². The molecule has 0 nitrogen and oxygen atoms in total. The van der Waals surface area contributed by atoms with Gasteiger partial charge < -0.3 is 0 Å². The van der Waals surface area contributed by atoms with Crippen LogP contribution in [0.1, 0.15) is 82.6 Å². The summed E-state index contributed by atoms with van der Waals surface area (Å²) in [5.41, 5.74) is 1.37. The van der Waals surface area contributed by atoms with Crippen LogP contribution in [0.3, 0.4) is 0 Å². The van der Waals surface area contributed by atoms with Crippen LogP contribution < -0.4 is 0 Å². The molecule has 0 aromatic heterocycles. The monoisotopic (exact) mass is 448 g/mol. The summed E-state index contributed by atoms with van der Waals surface area (Å²) in [5, 5.41) is -0.560. The Morgan fingerprint density at radius 3 is 1.84 bits per heavy atom. The van der Waals surface area contributed by atoms with E-state index < -0.39 is 22.5 Å². The fraction of sp³-hybridized carbons (Fsp3) is 0.556. The van der Waals surface area contributed by atoms with Crippen LogP contribution in [0.15, 0.2) is 30.3 Å². The Bertz CT molecular complexity index is 870. The van der Waals surface area contributed by atoms with E-state index in [0.29, 0.717) is 5.92 Å². The van der Waals surface area contributed by atoms with Crippen molar-refractivity contribution in [1.29, 1.82) is 0 Å². The van der Waals surface area contributed by atoms with Crippen LogP contribution in [-0.2, 0) is 0 Å². The third-order valence-corrected chi connectivity index (χ3v) is 8.09. The van der Waals surface area contributed by atoms with Gasteiger partial charge in [-0.15, -0.1) is 0 Å². The lowest BCUT2D eigenvalue weighted by molar-refractivity contribution is 0.237. The zero-order valence-corrected chi connectivity index (χ0v) is 19.0. The predicted octanol–water partition coefficient (Wildman–Crippen LogP) is 9.30. The average molecular weight is 449 g/mol.